The van der Waals surface area contributed by atoms with Gasteiger partial charge in [0.2, 0.25) is 0 Å². The van der Waals surface area contributed by atoms with Crippen LogP contribution < -0.4 is 0 Å². The highest BCUT2D eigenvalue weighted by Crippen LogP contribution is 2.29. The van der Waals surface area contributed by atoms with E-state index in [2.05, 4.69) is 11.1 Å². The molecule has 0 bridgehead atoms. The Morgan fingerprint density at radius 1 is 1.29 bits per heavy atom. The highest BCUT2D eigenvalue weighted by molar-refractivity contribution is 7.98. The van der Waals surface area contributed by atoms with Gasteiger partial charge in [0, 0.05) is 5.69 Å². The molecule has 1 aromatic heterocycles. The molecule has 14 heavy (non-hydrogen) atoms. The molecule has 1 aliphatic rings. The highest BCUT2D eigenvalue weighted by Gasteiger charge is 2.18. The number of hydrogen-bond donors (Lipinski definition) is 1. The Balaban J connectivity index is 2.47. The molecule has 74 valence electrons. The summed E-state index contributed by atoms with van der Waals surface area (Å²) in [6.07, 6.45) is 7.99. The maximum atomic E-state index is 9.10. The van der Waals surface area contributed by atoms with E-state index in [-0.39, 0.29) is 0 Å². The second-order valence-corrected chi connectivity index (χ2v) is 4.48. The van der Waals surface area contributed by atoms with Gasteiger partial charge in [-0.1, -0.05) is 6.42 Å². The number of aryl methyl sites for hydroxylation is 1. The van der Waals surface area contributed by atoms with Crippen molar-refractivity contribution in [2.45, 2.75) is 37.1 Å². The third-order valence-electron chi connectivity index (χ3n) is 2.83. The van der Waals surface area contributed by atoms with Crippen LogP contribution in [-0.2, 0) is 12.8 Å². The van der Waals surface area contributed by atoms with Gasteiger partial charge in [-0.15, -0.1) is 11.8 Å². The van der Waals surface area contributed by atoms with Gasteiger partial charge < -0.3 is 4.98 Å². The number of fused-ring (bicyclic) bond motifs is 1. The Hall–Kier alpha value is -0.880. The fourth-order valence-corrected chi connectivity index (χ4v) is 2.70. The molecular formula is C11H14N2S. The van der Waals surface area contributed by atoms with Crippen molar-refractivity contribution >= 4 is 11.8 Å². The zero-order valence-electron chi connectivity index (χ0n) is 8.39. The molecule has 0 atom stereocenters. The van der Waals surface area contributed by atoms with Gasteiger partial charge in [-0.05, 0) is 37.5 Å². The molecule has 1 aliphatic carbocycles. The summed E-state index contributed by atoms with van der Waals surface area (Å²) in [5.74, 6) is 0. The lowest BCUT2D eigenvalue weighted by molar-refractivity contribution is 0.704. The minimum absolute atomic E-state index is 0.898. The van der Waals surface area contributed by atoms with Crippen LogP contribution in [0.4, 0.5) is 0 Å². The number of thioether (sulfide) groups is 1. The predicted octanol–water partition coefficient (Wildman–Crippen LogP) is 2.88. The fraction of sp³-hybridized carbons (Fsp3) is 0.545. The van der Waals surface area contributed by atoms with Crippen molar-refractivity contribution in [3.05, 3.63) is 16.8 Å². The molecule has 0 spiro atoms. The zero-order valence-corrected chi connectivity index (χ0v) is 9.21. The average Bonchev–Trinajstić information content (AvgIpc) is 2.39. The van der Waals surface area contributed by atoms with Gasteiger partial charge in [0.05, 0.1) is 10.6 Å². The van der Waals surface area contributed by atoms with Gasteiger partial charge in [0.1, 0.15) is 6.07 Å². The van der Waals surface area contributed by atoms with Crippen molar-refractivity contribution in [1.82, 2.24) is 4.98 Å². The average molecular weight is 206 g/mol. The summed E-state index contributed by atoms with van der Waals surface area (Å²) in [5.41, 5.74) is 3.49. The van der Waals surface area contributed by atoms with Crippen molar-refractivity contribution < 1.29 is 0 Å². The normalized spacial score (nSPS) is 15.7. The lowest BCUT2D eigenvalue weighted by Crippen LogP contribution is -1.88. The largest absolute Gasteiger partial charge is 0.352 e. The van der Waals surface area contributed by atoms with Crippen LogP contribution in [0.5, 0.6) is 0 Å². The number of aromatic amines is 1. The summed E-state index contributed by atoms with van der Waals surface area (Å²) in [6, 6.07) is 2.33. The summed E-state index contributed by atoms with van der Waals surface area (Å²) < 4.78 is 0. The Bertz CT molecular complexity index is 373. The SMILES string of the molecule is CSc1[nH]c2c(c1C#N)CCCCC2. The number of nitrogens with one attached hydrogen (secondary N) is 1. The third-order valence-corrected chi connectivity index (χ3v) is 3.54. The van der Waals surface area contributed by atoms with Crippen molar-refractivity contribution in [2.75, 3.05) is 6.26 Å². The Labute approximate surface area is 88.7 Å². The molecule has 0 radical (unpaired) electrons. The van der Waals surface area contributed by atoms with E-state index in [9.17, 15) is 0 Å². The van der Waals surface area contributed by atoms with Gasteiger partial charge in [0.15, 0.2) is 0 Å². The van der Waals surface area contributed by atoms with Gasteiger partial charge in [-0.2, -0.15) is 5.26 Å². The number of hydrogen-bond acceptors (Lipinski definition) is 2. The van der Waals surface area contributed by atoms with Crippen LogP contribution in [-0.4, -0.2) is 11.2 Å². The smallest absolute Gasteiger partial charge is 0.102 e. The molecule has 0 amide bonds. The van der Waals surface area contributed by atoms with Gasteiger partial charge >= 0.3 is 0 Å². The lowest BCUT2D eigenvalue weighted by Gasteiger charge is -1.96. The van der Waals surface area contributed by atoms with Crippen molar-refractivity contribution in [2.24, 2.45) is 0 Å². The van der Waals surface area contributed by atoms with Crippen LogP contribution in [0.1, 0.15) is 36.1 Å². The lowest BCUT2D eigenvalue weighted by atomic mass is 10.1. The first-order valence-electron chi connectivity index (χ1n) is 5.04. The molecular weight excluding hydrogens is 192 g/mol. The Morgan fingerprint density at radius 2 is 2.07 bits per heavy atom. The number of aromatic nitrogens is 1. The number of nitrogens with zero attached hydrogens (tertiary/aromatic N) is 1. The number of nitriles is 1. The minimum atomic E-state index is 0.898. The van der Waals surface area contributed by atoms with Crippen molar-refractivity contribution in [3.8, 4) is 6.07 Å². The van der Waals surface area contributed by atoms with E-state index in [0.717, 1.165) is 23.4 Å². The molecule has 0 aliphatic heterocycles. The van der Waals surface area contributed by atoms with Crippen molar-refractivity contribution in [1.29, 1.82) is 5.26 Å². The summed E-state index contributed by atoms with van der Waals surface area (Å²) in [6.45, 7) is 0. The second-order valence-electron chi connectivity index (χ2n) is 3.66. The third kappa shape index (κ3) is 1.55. The van der Waals surface area contributed by atoms with Crippen LogP contribution in [0, 0.1) is 11.3 Å². The molecule has 1 heterocycles. The molecule has 1 N–H and O–H groups in total. The predicted molar refractivity (Wildman–Crippen MR) is 58.5 cm³/mol. The molecule has 0 saturated heterocycles. The van der Waals surface area contributed by atoms with E-state index in [0.29, 0.717) is 0 Å². The van der Waals surface area contributed by atoms with Crippen LogP contribution in [0.15, 0.2) is 5.03 Å². The summed E-state index contributed by atoms with van der Waals surface area (Å²) in [4.78, 5) is 3.38. The van der Waals surface area contributed by atoms with Crippen LogP contribution in [0.25, 0.3) is 0 Å². The summed E-state index contributed by atoms with van der Waals surface area (Å²) >= 11 is 1.64. The maximum absolute atomic E-state index is 9.10. The highest BCUT2D eigenvalue weighted by atomic mass is 32.2. The maximum Gasteiger partial charge on any atom is 0.102 e. The van der Waals surface area contributed by atoms with Crippen LogP contribution in [0.2, 0.25) is 0 Å². The fourth-order valence-electron chi connectivity index (χ4n) is 2.10. The zero-order chi connectivity index (χ0) is 9.97. The number of H-pyrrole nitrogens is 1. The standard InChI is InChI=1S/C11H14N2S/c1-14-11-9(7-12)8-5-3-2-4-6-10(8)13-11/h13H,2-6H2,1H3. The molecule has 3 heteroatoms. The van der Waals surface area contributed by atoms with E-state index in [1.165, 1.54) is 30.5 Å². The monoisotopic (exact) mass is 206 g/mol. The molecule has 0 aromatic carbocycles. The molecule has 2 rings (SSSR count). The molecule has 1 aromatic rings. The van der Waals surface area contributed by atoms with Gasteiger partial charge in [-0.3, -0.25) is 0 Å². The van der Waals surface area contributed by atoms with E-state index in [4.69, 9.17) is 5.26 Å². The Kier molecular flexibility index (Phi) is 2.83. The Morgan fingerprint density at radius 3 is 2.79 bits per heavy atom. The number of rotatable bonds is 1. The molecule has 2 nitrogen and oxygen atoms in total. The van der Waals surface area contributed by atoms with Crippen molar-refractivity contribution in [3.63, 3.8) is 0 Å². The van der Waals surface area contributed by atoms with Gasteiger partial charge in [0.25, 0.3) is 0 Å². The topological polar surface area (TPSA) is 39.6 Å². The quantitative estimate of drug-likeness (QED) is 0.567. The second kappa shape index (κ2) is 4.10. The minimum Gasteiger partial charge on any atom is -0.352 e. The molecule has 0 unspecified atom stereocenters. The van der Waals surface area contributed by atoms with E-state index >= 15 is 0 Å². The first-order valence-corrected chi connectivity index (χ1v) is 6.27. The van der Waals surface area contributed by atoms with Crippen LogP contribution >= 0.6 is 11.8 Å². The van der Waals surface area contributed by atoms with Crippen LogP contribution in [0.3, 0.4) is 0 Å². The first-order chi connectivity index (χ1) is 6.86. The summed E-state index contributed by atoms with van der Waals surface area (Å²) in [5, 5.41) is 10.2. The first kappa shape index (κ1) is 9.67. The van der Waals surface area contributed by atoms with E-state index in [1.54, 1.807) is 11.8 Å². The van der Waals surface area contributed by atoms with Gasteiger partial charge in [-0.25, -0.2) is 0 Å². The summed E-state index contributed by atoms with van der Waals surface area (Å²) in [7, 11) is 0. The van der Waals surface area contributed by atoms with E-state index < -0.39 is 0 Å². The molecule has 0 fully saturated rings. The van der Waals surface area contributed by atoms with E-state index in [1.807, 2.05) is 6.26 Å². The molecule has 0 saturated carbocycles.